The van der Waals surface area contributed by atoms with Crippen molar-refractivity contribution in [3.8, 4) is 17.2 Å². The van der Waals surface area contributed by atoms with Gasteiger partial charge in [0.2, 0.25) is 6.79 Å². The molecule has 0 bridgehead atoms. The zero-order valence-electron chi connectivity index (χ0n) is 22.1. The van der Waals surface area contributed by atoms with E-state index in [1.165, 1.54) is 0 Å². The fourth-order valence-electron chi connectivity index (χ4n) is 5.37. The first-order valence-electron chi connectivity index (χ1n) is 13.2. The first-order valence-corrected chi connectivity index (χ1v) is 15.1. The number of nitrogens with zero attached hydrogens (tertiary/aromatic N) is 1. The number of benzene rings is 2. The highest BCUT2D eigenvalue weighted by Crippen LogP contribution is 2.47. The Hall–Kier alpha value is -2.82. The van der Waals surface area contributed by atoms with Gasteiger partial charge in [0, 0.05) is 31.6 Å². The number of carboxylic acids is 1. The van der Waals surface area contributed by atoms with E-state index in [-0.39, 0.29) is 30.3 Å². The largest absolute Gasteiger partial charge is 0.497 e. The van der Waals surface area contributed by atoms with Crippen molar-refractivity contribution in [1.29, 1.82) is 0 Å². The van der Waals surface area contributed by atoms with Gasteiger partial charge in [0.15, 0.2) is 11.5 Å². The Kier molecular flexibility index (Phi) is 9.51. The number of aliphatic carboxylic acids is 1. The summed E-state index contributed by atoms with van der Waals surface area (Å²) in [5, 5.41) is 13.7. The number of hydrogen-bond donors (Lipinski definition) is 2. The van der Waals surface area contributed by atoms with E-state index in [1.807, 2.05) is 49.4 Å². The van der Waals surface area contributed by atoms with Crippen molar-refractivity contribution in [2.45, 2.75) is 38.1 Å². The van der Waals surface area contributed by atoms with Gasteiger partial charge in [-0.1, -0.05) is 31.5 Å². The summed E-state index contributed by atoms with van der Waals surface area (Å²) in [5.41, 5.74) is 1.83. The van der Waals surface area contributed by atoms with Crippen LogP contribution in [0, 0.1) is 5.92 Å². The van der Waals surface area contributed by atoms with Crippen molar-refractivity contribution in [2.75, 3.05) is 51.6 Å². The monoisotopic (exact) mass is 546 g/mol. The fraction of sp³-hybridized carbons (Fsp3) is 0.536. The molecule has 1 fully saturated rings. The molecule has 4 rings (SSSR count). The Morgan fingerprint density at radius 2 is 1.76 bits per heavy atom. The molecule has 0 amide bonds. The quantitative estimate of drug-likeness (QED) is 0.344. The topological polar surface area (TPSA) is 114 Å². The zero-order chi connectivity index (χ0) is 27.1. The molecule has 0 saturated carbocycles. The minimum Gasteiger partial charge on any atom is -0.497 e. The number of sulfone groups is 1. The Morgan fingerprint density at radius 1 is 1.05 bits per heavy atom. The molecule has 3 atom stereocenters. The average Bonchev–Trinajstić information content (AvgIpc) is 3.54. The van der Waals surface area contributed by atoms with E-state index >= 15 is 0 Å². The predicted octanol–water partition coefficient (Wildman–Crippen LogP) is 3.46. The summed E-state index contributed by atoms with van der Waals surface area (Å²) in [7, 11) is -1.40. The molecule has 38 heavy (non-hydrogen) atoms. The fourth-order valence-corrected chi connectivity index (χ4v) is 6.89. The SMILES string of the molecule is CCCCS(=O)(=O)CCCNCCN1C[C@H](c2ccc3c(c2)OCO3)[C@H](C(=O)O)[C@H]1c1ccc(OC)cc1. The first-order chi connectivity index (χ1) is 18.3. The summed E-state index contributed by atoms with van der Waals surface area (Å²) < 4.78 is 40.5. The molecule has 2 aliphatic heterocycles. The van der Waals surface area contributed by atoms with Gasteiger partial charge in [-0.3, -0.25) is 9.69 Å². The number of carboxylic acid groups (broad SMARTS) is 1. The van der Waals surface area contributed by atoms with E-state index in [2.05, 4.69) is 10.2 Å². The minimum absolute atomic E-state index is 0.165. The number of nitrogens with one attached hydrogen (secondary N) is 1. The Bertz CT molecular complexity index is 1190. The maximum absolute atomic E-state index is 12.7. The molecule has 0 aromatic heterocycles. The van der Waals surface area contributed by atoms with E-state index in [4.69, 9.17) is 14.2 Å². The third-order valence-corrected chi connectivity index (χ3v) is 9.18. The molecule has 2 heterocycles. The van der Waals surface area contributed by atoms with Crippen LogP contribution >= 0.6 is 0 Å². The number of methoxy groups -OCH3 is 1. The van der Waals surface area contributed by atoms with Crippen LogP contribution in [0.3, 0.4) is 0 Å². The lowest BCUT2D eigenvalue weighted by Gasteiger charge is -2.27. The van der Waals surface area contributed by atoms with Crippen LogP contribution in [-0.4, -0.2) is 76.0 Å². The van der Waals surface area contributed by atoms with Crippen molar-refractivity contribution in [3.05, 3.63) is 53.6 Å². The number of hydrogen-bond acceptors (Lipinski definition) is 8. The van der Waals surface area contributed by atoms with E-state index in [0.717, 1.165) is 17.5 Å². The molecule has 2 aromatic carbocycles. The van der Waals surface area contributed by atoms with Gasteiger partial charge in [-0.05, 0) is 54.8 Å². The van der Waals surface area contributed by atoms with Gasteiger partial charge in [0.25, 0.3) is 0 Å². The van der Waals surface area contributed by atoms with Crippen molar-refractivity contribution in [3.63, 3.8) is 0 Å². The summed E-state index contributed by atoms with van der Waals surface area (Å²) in [6.07, 6.45) is 2.13. The molecule has 208 valence electrons. The van der Waals surface area contributed by atoms with Gasteiger partial charge in [-0.2, -0.15) is 0 Å². The second-order valence-electron chi connectivity index (χ2n) is 9.91. The Morgan fingerprint density at radius 3 is 2.47 bits per heavy atom. The van der Waals surface area contributed by atoms with Crippen molar-refractivity contribution >= 4 is 15.8 Å². The molecule has 10 heteroatoms. The predicted molar refractivity (Wildman–Crippen MR) is 145 cm³/mol. The molecule has 9 nitrogen and oxygen atoms in total. The number of rotatable bonds is 14. The highest BCUT2D eigenvalue weighted by molar-refractivity contribution is 7.91. The average molecular weight is 547 g/mol. The van der Waals surface area contributed by atoms with Crippen LogP contribution in [0.2, 0.25) is 0 Å². The second kappa shape index (κ2) is 12.8. The minimum atomic E-state index is -3.00. The van der Waals surface area contributed by atoms with Crippen molar-refractivity contribution in [1.82, 2.24) is 10.2 Å². The van der Waals surface area contributed by atoms with Gasteiger partial charge < -0.3 is 24.6 Å². The number of fused-ring (bicyclic) bond motifs is 1. The Labute approximate surface area is 225 Å². The van der Waals surface area contributed by atoms with Crippen molar-refractivity contribution in [2.24, 2.45) is 5.92 Å². The summed E-state index contributed by atoms with van der Waals surface area (Å²) in [4.78, 5) is 14.9. The molecule has 0 spiro atoms. The molecule has 2 N–H and O–H groups in total. The first kappa shape index (κ1) is 28.2. The highest BCUT2D eigenvalue weighted by Gasteiger charge is 2.47. The molecule has 0 unspecified atom stereocenters. The smallest absolute Gasteiger partial charge is 0.309 e. The van der Waals surface area contributed by atoms with Crippen LogP contribution in [0.25, 0.3) is 0 Å². The van der Waals surface area contributed by atoms with Crippen LogP contribution in [-0.2, 0) is 14.6 Å². The van der Waals surface area contributed by atoms with Crippen LogP contribution in [0.15, 0.2) is 42.5 Å². The molecule has 0 radical (unpaired) electrons. The summed E-state index contributed by atoms with van der Waals surface area (Å²) in [5.74, 6) is 0.716. The second-order valence-corrected chi connectivity index (χ2v) is 12.2. The lowest BCUT2D eigenvalue weighted by Crippen LogP contribution is -2.34. The third-order valence-electron chi connectivity index (χ3n) is 7.36. The van der Waals surface area contributed by atoms with Gasteiger partial charge in [-0.25, -0.2) is 8.42 Å². The van der Waals surface area contributed by atoms with Crippen LogP contribution in [0.5, 0.6) is 17.2 Å². The van der Waals surface area contributed by atoms with Gasteiger partial charge in [0.1, 0.15) is 15.6 Å². The summed E-state index contributed by atoms with van der Waals surface area (Å²) >= 11 is 0. The molecular weight excluding hydrogens is 508 g/mol. The summed E-state index contributed by atoms with van der Waals surface area (Å²) in [6, 6.07) is 12.9. The maximum atomic E-state index is 12.7. The van der Waals surface area contributed by atoms with E-state index < -0.39 is 21.7 Å². The summed E-state index contributed by atoms with van der Waals surface area (Å²) in [6.45, 7) is 4.57. The van der Waals surface area contributed by atoms with Crippen LogP contribution < -0.4 is 19.5 Å². The van der Waals surface area contributed by atoms with E-state index in [0.29, 0.717) is 56.3 Å². The lowest BCUT2D eigenvalue weighted by atomic mass is 9.82. The molecular formula is C28H38N2O7S. The van der Waals surface area contributed by atoms with Gasteiger partial charge in [-0.15, -0.1) is 0 Å². The van der Waals surface area contributed by atoms with E-state index in [9.17, 15) is 18.3 Å². The standard InChI is InChI=1S/C28H38N2O7S/c1-3-4-15-38(33,34)16-5-12-29-13-14-30-18-23(21-8-11-24-25(17-21)37-19-36-24)26(28(31)32)27(30)20-6-9-22(35-2)10-7-20/h6-11,17,23,26-27,29H,3-5,12-16,18-19H2,1-2H3,(H,31,32)/t23-,26+,27-/m1/s1. The van der Waals surface area contributed by atoms with E-state index in [1.54, 1.807) is 7.11 Å². The molecule has 2 aromatic rings. The molecule has 0 aliphatic carbocycles. The van der Waals surface area contributed by atoms with Gasteiger partial charge >= 0.3 is 5.97 Å². The molecule has 2 aliphatic rings. The number of carbonyl (C=O) groups is 1. The van der Waals surface area contributed by atoms with Crippen LogP contribution in [0.1, 0.15) is 49.3 Å². The normalized spacial score (nSPS) is 21.1. The molecule has 1 saturated heterocycles. The van der Waals surface area contributed by atoms with Crippen molar-refractivity contribution < 1.29 is 32.5 Å². The number of unbranched alkanes of at least 4 members (excludes halogenated alkanes) is 1. The maximum Gasteiger partial charge on any atom is 0.309 e. The van der Waals surface area contributed by atoms with Gasteiger partial charge in [0.05, 0.1) is 24.5 Å². The number of ether oxygens (including phenoxy) is 3. The Balaban J connectivity index is 1.47. The highest BCUT2D eigenvalue weighted by atomic mass is 32.2. The third kappa shape index (κ3) is 6.78. The lowest BCUT2D eigenvalue weighted by molar-refractivity contribution is -0.143. The number of likely N-dealkylation sites (tertiary alicyclic amines) is 1. The zero-order valence-corrected chi connectivity index (χ0v) is 22.9. The van der Waals surface area contributed by atoms with Crippen LogP contribution in [0.4, 0.5) is 0 Å².